The van der Waals surface area contributed by atoms with Gasteiger partial charge in [-0.2, -0.15) is 0 Å². The van der Waals surface area contributed by atoms with Crippen molar-refractivity contribution in [2.24, 2.45) is 15.6 Å². The molecule has 1 rings (SSSR count). The van der Waals surface area contributed by atoms with Crippen LogP contribution in [0, 0.1) is 5.41 Å². The Labute approximate surface area is 69.8 Å². The number of hydrogen-bond acceptors (Lipinski definition) is 2. The van der Waals surface area contributed by atoms with Crippen molar-refractivity contribution in [1.29, 1.82) is 0 Å². The first kappa shape index (κ1) is 8.71. The van der Waals surface area contributed by atoms with Crippen LogP contribution in [0.15, 0.2) is 10.2 Å². The van der Waals surface area contributed by atoms with E-state index in [1.54, 1.807) is 6.92 Å². The molecule has 0 amide bonds. The zero-order valence-corrected chi connectivity index (χ0v) is 7.10. The van der Waals surface area contributed by atoms with Gasteiger partial charge in [0.05, 0.1) is 0 Å². The summed E-state index contributed by atoms with van der Waals surface area (Å²) in [6, 6.07) is 0. The second-order valence-corrected chi connectivity index (χ2v) is 3.46. The van der Waals surface area contributed by atoms with Crippen LogP contribution in [0.5, 0.6) is 0 Å². The van der Waals surface area contributed by atoms with Gasteiger partial charge < -0.3 is 0 Å². The third-order valence-electron chi connectivity index (χ3n) is 2.62. The summed E-state index contributed by atoms with van der Waals surface area (Å²) >= 11 is 0. The molecule has 0 aromatic rings. The zero-order chi connectivity index (χ0) is 9.24. The second kappa shape index (κ2) is 2.59. The maximum absolute atomic E-state index is 8.29. The minimum Gasteiger partial charge on any atom is -0.0810 e. The van der Waals surface area contributed by atoms with Gasteiger partial charge in [-0.05, 0) is 36.2 Å². The van der Waals surface area contributed by atoms with E-state index in [0.717, 1.165) is 12.8 Å². The number of rotatable bonds is 3. The quantitative estimate of drug-likeness (QED) is 0.349. The summed E-state index contributed by atoms with van der Waals surface area (Å²) in [6.07, 6.45) is 1.89. The van der Waals surface area contributed by atoms with Crippen molar-refractivity contribution in [3.63, 3.8) is 0 Å². The first-order chi connectivity index (χ1) is 5.58. The van der Waals surface area contributed by atoms with Crippen LogP contribution in [0.4, 0.5) is 0 Å². The molecule has 6 nitrogen and oxygen atoms in total. The molecule has 1 aliphatic rings. The molecule has 0 spiro atoms. The lowest BCUT2D eigenvalue weighted by Crippen LogP contribution is -2.28. The average Bonchev–Trinajstić information content (AvgIpc) is 2.70. The molecule has 0 aromatic heterocycles. The lowest BCUT2D eigenvalue weighted by Gasteiger charge is -2.24. The van der Waals surface area contributed by atoms with Crippen LogP contribution in [0.2, 0.25) is 0 Å². The summed E-state index contributed by atoms with van der Waals surface area (Å²) in [5.41, 5.74) is 15.5. The first-order valence-electron chi connectivity index (χ1n) is 3.70. The van der Waals surface area contributed by atoms with Crippen molar-refractivity contribution in [1.82, 2.24) is 0 Å². The van der Waals surface area contributed by atoms with Crippen LogP contribution < -0.4 is 0 Å². The highest BCUT2D eigenvalue weighted by atomic mass is 15.3. The van der Waals surface area contributed by atoms with Crippen molar-refractivity contribution >= 4 is 0 Å². The van der Waals surface area contributed by atoms with E-state index in [0.29, 0.717) is 0 Å². The van der Waals surface area contributed by atoms with E-state index in [4.69, 9.17) is 11.1 Å². The van der Waals surface area contributed by atoms with Gasteiger partial charge in [0, 0.05) is 9.82 Å². The Balaban J connectivity index is 3.01. The molecular weight excluding hydrogens is 156 g/mol. The normalized spacial score (nSPS) is 22.8. The fraction of sp³-hybridized carbons (Fsp3) is 1.00. The van der Waals surface area contributed by atoms with Gasteiger partial charge in [-0.15, -0.1) is 0 Å². The van der Waals surface area contributed by atoms with E-state index in [1.165, 1.54) is 0 Å². The number of hydrogen-bond donors (Lipinski definition) is 0. The van der Waals surface area contributed by atoms with Gasteiger partial charge in [0.15, 0.2) is 0 Å². The topological polar surface area (TPSA) is 97.5 Å². The minimum atomic E-state index is -0.934. The number of azide groups is 1. The average molecular weight is 166 g/mol. The lowest BCUT2D eigenvalue weighted by atomic mass is 9.95. The van der Waals surface area contributed by atoms with Crippen molar-refractivity contribution < 1.29 is 0 Å². The molecule has 0 bridgehead atoms. The highest BCUT2D eigenvalue weighted by Crippen LogP contribution is 2.56. The van der Waals surface area contributed by atoms with Gasteiger partial charge in [-0.25, -0.2) is 0 Å². The molecule has 0 aromatic carbocycles. The van der Waals surface area contributed by atoms with E-state index in [2.05, 4.69) is 20.1 Å². The van der Waals surface area contributed by atoms with Gasteiger partial charge in [0.25, 0.3) is 0 Å². The molecule has 0 saturated heterocycles. The maximum Gasteiger partial charge on any atom is 0.129 e. The van der Waals surface area contributed by atoms with Crippen molar-refractivity contribution in [2.45, 2.75) is 32.4 Å². The first-order valence-corrected chi connectivity index (χ1v) is 3.70. The molecule has 6 heteroatoms. The Morgan fingerprint density at radius 2 is 1.67 bits per heavy atom. The summed E-state index contributed by atoms with van der Waals surface area (Å²) in [4.78, 5) is 5.39. The zero-order valence-electron chi connectivity index (χ0n) is 7.10. The lowest BCUT2D eigenvalue weighted by molar-refractivity contribution is 0.303. The Kier molecular flexibility index (Phi) is 1.88. The van der Waals surface area contributed by atoms with Crippen LogP contribution in [0.25, 0.3) is 20.9 Å². The molecule has 0 aliphatic heterocycles. The summed E-state index contributed by atoms with van der Waals surface area (Å²) in [5, 5.41) is 7.08. The summed E-state index contributed by atoms with van der Waals surface area (Å²) in [6.45, 7) is 3.62. The standard InChI is InChI=1S/C6H10N6/c1-5(3-4-5)6(2,9-11-7)10-12-8/h3-4H2,1-2H3. The van der Waals surface area contributed by atoms with Gasteiger partial charge in [-0.3, -0.25) is 0 Å². The van der Waals surface area contributed by atoms with Crippen LogP contribution in [0.3, 0.4) is 0 Å². The fourth-order valence-electron chi connectivity index (χ4n) is 1.10. The molecular formula is C6H10N6. The van der Waals surface area contributed by atoms with Gasteiger partial charge >= 0.3 is 0 Å². The smallest absolute Gasteiger partial charge is 0.0810 e. The molecule has 0 radical (unpaired) electrons. The van der Waals surface area contributed by atoms with Crippen molar-refractivity contribution in [3.05, 3.63) is 20.9 Å². The largest absolute Gasteiger partial charge is 0.129 e. The Morgan fingerprint density at radius 1 is 1.25 bits per heavy atom. The predicted molar refractivity (Wildman–Crippen MR) is 44.0 cm³/mol. The third kappa shape index (κ3) is 1.18. The molecule has 12 heavy (non-hydrogen) atoms. The fourth-order valence-corrected chi connectivity index (χ4v) is 1.10. The van der Waals surface area contributed by atoms with Crippen LogP contribution in [-0.2, 0) is 0 Å². The molecule has 0 atom stereocenters. The summed E-state index contributed by atoms with van der Waals surface area (Å²) in [5.74, 6) is 0. The predicted octanol–water partition coefficient (Wildman–Crippen LogP) is 3.12. The third-order valence-corrected chi connectivity index (χ3v) is 2.62. The second-order valence-electron chi connectivity index (χ2n) is 3.46. The monoisotopic (exact) mass is 166 g/mol. The summed E-state index contributed by atoms with van der Waals surface area (Å²) in [7, 11) is 0. The van der Waals surface area contributed by atoms with Gasteiger partial charge in [0.1, 0.15) is 5.66 Å². The molecule has 0 unspecified atom stereocenters. The van der Waals surface area contributed by atoms with Crippen LogP contribution >= 0.6 is 0 Å². The van der Waals surface area contributed by atoms with Crippen LogP contribution in [0.1, 0.15) is 26.7 Å². The van der Waals surface area contributed by atoms with E-state index < -0.39 is 5.66 Å². The molecule has 1 aliphatic carbocycles. The molecule has 0 N–H and O–H groups in total. The van der Waals surface area contributed by atoms with Gasteiger partial charge in [-0.1, -0.05) is 17.2 Å². The van der Waals surface area contributed by atoms with E-state index >= 15 is 0 Å². The Morgan fingerprint density at radius 3 is 1.92 bits per heavy atom. The number of nitrogens with zero attached hydrogens (tertiary/aromatic N) is 6. The maximum atomic E-state index is 8.29. The minimum absolute atomic E-state index is 0.133. The van der Waals surface area contributed by atoms with E-state index in [1.807, 2.05) is 6.92 Å². The van der Waals surface area contributed by atoms with Crippen LogP contribution in [-0.4, -0.2) is 5.66 Å². The van der Waals surface area contributed by atoms with E-state index in [-0.39, 0.29) is 5.41 Å². The molecule has 64 valence electrons. The van der Waals surface area contributed by atoms with E-state index in [9.17, 15) is 0 Å². The van der Waals surface area contributed by atoms with Crippen molar-refractivity contribution in [3.8, 4) is 0 Å². The SMILES string of the molecule is CC1(C(C)(N=[N+]=[N-])N=[N+]=[N-])CC1. The van der Waals surface area contributed by atoms with Crippen molar-refractivity contribution in [2.75, 3.05) is 0 Å². The molecule has 0 heterocycles. The molecule has 1 fully saturated rings. The Hall–Kier alpha value is -1.38. The highest BCUT2D eigenvalue weighted by molar-refractivity contribution is 5.06. The summed E-state index contributed by atoms with van der Waals surface area (Å²) < 4.78 is 0. The highest BCUT2D eigenvalue weighted by Gasteiger charge is 2.52. The van der Waals surface area contributed by atoms with Gasteiger partial charge in [0.2, 0.25) is 0 Å². The Bertz CT molecular complexity index is 260. The molecule has 1 saturated carbocycles.